The van der Waals surface area contributed by atoms with Crippen molar-refractivity contribution in [1.29, 1.82) is 0 Å². The molecule has 0 radical (unpaired) electrons. The van der Waals surface area contributed by atoms with Gasteiger partial charge in [0.05, 0.1) is 13.2 Å². The Morgan fingerprint density at radius 2 is 1.56 bits per heavy atom. The molecule has 0 amide bonds. The summed E-state index contributed by atoms with van der Waals surface area (Å²) in [7, 11) is 1.67. The minimum atomic E-state index is -0.0535. The molecule has 138 valence electrons. The number of hydrogen-bond donors (Lipinski definition) is 2. The Labute approximate surface area is 166 Å². The van der Waals surface area contributed by atoms with E-state index in [4.69, 9.17) is 17.0 Å². The van der Waals surface area contributed by atoms with Gasteiger partial charge < -0.3 is 15.4 Å². The Kier molecular flexibility index (Phi) is 6.09. The molecule has 3 aromatic rings. The van der Waals surface area contributed by atoms with Crippen LogP contribution in [0.5, 0.6) is 5.75 Å². The summed E-state index contributed by atoms with van der Waals surface area (Å²) in [6.45, 7) is 4.15. The SMILES string of the molecule is COc1ccc([C@@H](NC(=S)Nc2cc(C)ccc2C)c2ccccc2)cc1. The third-order valence-electron chi connectivity index (χ3n) is 4.50. The van der Waals surface area contributed by atoms with Crippen molar-refractivity contribution in [3.05, 3.63) is 95.1 Å². The van der Waals surface area contributed by atoms with Crippen LogP contribution in [0.3, 0.4) is 0 Å². The summed E-state index contributed by atoms with van der Waals surface area (Å²) in [6.07, 6.45) is 0. The van der Waals surface area contributed by atoms with Gasteiger partial charge in [-0.15, -0.1) is 0 Å². The molecule has 1 atom stereocenters. The van der Waals surface area contributed by atoms with Gasteiger partial charge in [-0.25, -0.2) is 0 Å². The average molecular weight is 377 g/mol. The summed E-state index contributed by atoms with van der Waals surface area (Å²) in [6, 6.07) is 24.6. The first-order valence-corrected chi connectivity index (χ1v) is 9.31. The molecule has 0 saturated carbocycles. The summed E-state index contributed by atoms with van der Waals surface area (Å²) in [5, 5.41) is 7.39. The second-order valence-corrected chi connectivity index (χ2v) is 6.94. The number of hydrogen-bond acceptors (Lipinski definition) is 2. The van der Waals surface area contributed by atoms with Gasteiger partial charge in [-0.2, -0.15) is 0 Å². The van der Waals surface area contributed by atoms with Gasteiger partial charge in [-0.05, 0) is 66.5 Å². The van der Waals surface area contributed by atoms with Crippen molar-refractivity contribution in [3.63, 3.8) is 0 Å². The molecule has 0 spiro atoms. The molecule has 4 heteroatoms. The fourth-order valence-corrected chi connectivity index (χ4v) is 3.19. The number of nitrogens with one attached hydrogen (secondary N) is 2. The Morgan fingerprint density at radius 1 is 0.889 bits per heavy atom. The predicted octanol–water partition coefficient (Wildman–Crippen LogP) is 5.39. The largest absolute Gasteiger partial charge is 0.497 e. The van der Waals surface area contributed by atoms with Crippen LogP contribution < -0.4 is 15.4 Å². The maximum absolute atomic E-state index is 5.62. The van der Waals surface area contributed by atoms with Crippen LogP contribution in [-0.2, 0) is 0 Å². The zero-order valence-corrected chi connectivity index (χ0v) is 16.6. The molecule has 0 aromatic heterocycles. The fourth-order valence-electron chi connectivity index (χ4n) is 2.96. The van der Waals surface area contributed by atoms with Gasteiger partial charge in [0, 0.05) is 5.69 Å². The summed E-state index contributed by atoms with van der Waals surface area (Å²) >= 11 is 5.62. The lowest BCUT2D eigenvalue weighted by Gasteiger charge is -2.23. The summed E-state index contributed by atoms with van der Waals surface area (Å²) < 4.78 is 5.28. The van der Waals surface area contributed by atoms with Crippen molar-refractivity contribution in [2.24, 2.45) is 0 Å². The van der Waals surface area contributed by atoms with Gasteiger partial charge in [-0.3, -0.25) is 0 Å². The topological polar surface area (TPSA) is 33.3 Å². The molecule has 27 heavy (non-hydrogen) atoms. The first-order valence-electron chi connectivity index (χ1n) is 8.90. The van der Waals surface area contributed by atoms with Crippen molar-refractivity contribution >= 4 is 23.0 Å². The first kappa shape index (κ1) is 18.9. The van der Waals surface area contributed by atoms with Crippen LogP contribution in [0.25, 0.3) is 0 Å². The number of ether oxygens (including phenoxy) is 1. The molecular weight excluding hydrogens is 352 g/mol. The lowest BCUT2D eigenvalue weighted by atomic mass is 9.99. The van der Waals surface area contributed by atoms with Crippen LogP contribution in [0.4, 0.5) is 5.69 Å². The van der Waals surface area contributed by atoms with E-state index in [0.29, 0.717) is 5.11 Å². The van der Waals surface area contributed by atoms with E-state index in [1.165, 1.54) is 5.56 Å². The number of anilines is 1. The minimum absolute atomic E-state index is 0.0535. The summed E-state index contributed by atoms with van der Waals surface area (Å²) in [5.41, 5.74) is 5.64. The maximum atomic E-state index is 5.62. The molecular formula is C23H24N2OS. The van der Waals surface area contributed by atoms with Gasteiger partial charge >= 0.3 is 0 Å². The smallest absolute Gasteiger partial charge is 0.171 e. The molecule has 0 fully saturated rings. The van der Waals surface area contributed by atoms with Crippen LogP contribution in [0.2, 0.25) is 0 Å². The van der Waals surface area contributed by atoms with Crippen molar-refractivity contribution < 1.29 is 4.74 Å². The first-order chi connectivity index (χ1) is 13.1. The number of methoxy groups -OCH3 is 1. The van der Waals surface area contributed by atoms with Crippen LogP contribution in [0.15, 0.2) is 72.8 Å². The second-order valence-electron chi connectivity index (χ2n) is 6.53. The number of rotatable bonds is 5. The predicted molar refractivity (Wildman–Crippen MR) is 117 cm³/mol. The van der Waals surface area contributed by atoms with E-state index in [9.17, 15) is 0 Å². The van der Waals surface area contributed by atoms with E-state index >= 15 is 0 Å². The van der Waals surface area contributed by atoms with Crippen LogP contribution in [0.1, 0.15) is 28.3 Å². The van der Waals surface area contributed by atoms with Crippen LogP contribution in [0, 0.1) is 13.8 Å². The zero-order chi connectivity index (χ0) is 19.2. The molecule has 0 aliphatic rings. The Bertz CT molecular complexity index is 907. The highest BCUT2D eigenvalue weighted by atomic mass is 32.1. The fraction of sp³-hybridized carbons (Fsp3) is 0.174. The lowest BCUT2D eigenvalue weighted by molar-refractivity contribution is 0.414. The highest BCUT2D eigenvalue weighted by molar-refractivity contribution is 7.80. The van der Waals surface area contributed by atoms with Gasteiger partial charge in [0.25, 0.3) is 0 Å². The van der Waals surface area contributed by atoms with Crippen molar-refractivity contribution in [1.82, 2.24) is 5.32 Å². The van der Waals surface area contributed by atoms with E-state index in [0.717, 1.165) is 28.1 Å². The minimum Gasteiger partial charge on any atom is -0.497 e. The van der Waals surface area contributed by atoms with E-state index in [1.54, 1.807) is 7.11 Å². The van der Waals surface area contributed by atoms with E-state index < -0.39 is 0 Å². The third kappa shape index (κ3) is 4.86. The van der Waals surface area contributed by atoms with Crippen LogP contribution >= 0.6 is 12.2 Å². The molecule has 0 aliphatic heterocycles. The normalized spacial score (nSPS) is 11.5. The number of thiocarbonyl (C=S) groups is 1. The van der Waals surface area contributed by atoms with Crippen molar-refractivity contribution in [2.75, 3.05) is 12.4 Å². The maximum Gasteiger partial charge on any atom is 0.171 e. The molecule has 3 rings (SSSR count). The van der Waals surface area contributed by atoms with E-state index in [1.807, 2.05) is 30.3 Å². The van der Waals surface area contributed by atoms with Gasteiger partial charge in [0.2, 0.25) is 0 Å². The average Bonchev–Trinajstić information content (AvgIpc) is 2.70. The molecule has 0 saturated heterocycles. The van der Waals surface area contributed by atoms with Gasteiger partial charge in [0.1, 0.15) is 5.75 Å². The van der Waals surface area contributed by atoms with Crippen molar-refractivity contribution in [3.8, 4) is 5.75 Å². The van der Waals surface area contributed by atoms with Crippen LogP contribution in [-0.4, -0.2) is 12.2 Å². The Hall–Kier alpha value is -2.85. The molecule has 0 aliphatic carbocycles. The molecule has 3 aromatic carbocycles. The highest BCUT2D eigenvalue weighted by Gasteiger charge is 2.15. The standard InChI is InChI=1S/C23H24N2OS/c1-16-9-10-17(2)21(15-16)24-23(27)25-22(18-7-5-4-6-8-18)19-11-13-20(26-3)14-12-19/h4-15,22H,1-3H3,(H2,24,25,27)/t22-/m0/s1. The second kappa shape index (κ2) is 8.69. The van der Waals surface area contributed by atoms with Gasteiger partial charge in [-0.1, -0.05) is 54.6 Å². The third-order valence-corrected chi connectivity index (χ3v) is 4.72. The number of aryl methyl sites for hydroxylation is 2. The Balaban J connectivity index is 1.84. The number of benzene rings is 3. The molecule has 0 heterocycles. The van der Waals surface area contributed by atoms with Crippen molar-refractivity contribution in [2.45, 2.75) is 19.9 Å². The quantitative estimate of drug-likeness (QED) is 0.585. The zero-order valence-electron chi connectivity index (χ0n) is 15.8. The molecule has 3 nitrogen and oxygen atoms in total. The Morgan fingerprint density at radius 3 is 2.22 bits per heavy atom. The molecule has 0 unspecified atom stereocenters. The summed E-state index contributed by atoms with van der Waals surface area (Å²) in [5.74, 6) is 0.835. The highest BCUT2D eigenvalue weighted by Crippen LogP contribution is 2.25. The lowest BCUT2D eigenvalue weighted by Crippen LogP contribution is -2.33. The molecule has 0 bridgehead atoms. The van der Waals surface area contributed by atoms with E-state index in [2.05, 4.69) is 66.9 Å². The molecule has 2 N–H and O–H groups in total. The van der Waals surface area contributed by atoms with Gasteiger partial charge in [0.15, 0.2) is 5.11 Å². The monoisotopic (exact) mass is 376 g/mol. The summed E-state index contributed by atoms with van der Waals surface area (Å²) in [4.78, 5) is 0. The van der Waals surface area contributed by atoms with E-state index in [-0.39, 0.29) is 6.04 Å².